The number of hydrogen-bond donors (Lipinski definition) is 2. The highest BCUT2D eigenvalue weighted by molar-refractivity contribution is 6.36. The number of rotatable bonds is 3. The van der Waals surface area contributed by atoms with Gasteiger partial charge in [0.2, 0.25) is 5.91 Å². The van der Waals surface area contributed by atoms with Crippen LogP contribution in [0.1, 0.15) is 12.8 Å². The minimum atomic E-state index is -0.620. The van der Waals surface area contributed by atoms with Crippen LogP contribution in [-0.2, 0) is 4.79 Å². The number of carbonyl (C=O) groups excluding carboxylic acids is 1. The lowest BCUT2D eigenvalue weighted by atomic mass is 10.0. The Morgan fingerprint density at radius 3 is 2.93 bits per heavy atom. The first kappa shape index (κ1) is 17.0. The molecule has 1 aromatic carbocycles. The number of nitrogens with one attached hydrogen (secondary N) is 2. The van der Waals surface area contributed by atoms with Gasteiger partial charge >= 0.3 is 0 Å². The summed E-state index contributed by atoms with van der Waals surface area (Å²) in [6, 6.07) is 3.68. The highest BCUT2D eigenvalue weighted by Gasteiger charge is 2.30. The summed E-state index contributed by atoms with van der Waals surface area (Å²) in [6.45, 7) is 0.466. The second-order valence-corrected chi connectivity index (χ2v) is 7.10. The second kappa shape index (κ2) is 6.20. The number of aromatic nitrogens is 4. The third-order valence-electron chi connectivity index (χ3n) is 5.10. The fourth-order valence-electron chi connectivity index (χ4n) is 3.78. The van der Waals surface area contributed by atoms with Crippen LogP contribution in [0.15, 0.2) is 30.7 Å². The van der Waals surface area contributed by atoms with E-state index in [0.717, 1.165) is 17.0 Å². The quantitative estimate of drug-likeness (QED) is 0.549. The summed E-state index contributed by atoms with van der Waals surface area (Å²) < 4.78 is 17.2. The molecule has 0 unspecified atom stereocenters. The van der Waals surface area contributed by atoms with Crippen molar-refractivity contribution in [3.8, 4) is 11.1 Å². The number of aromatic amines is 1. The maximum atomic E-state index is 15.4. The van der Waals surface area contributed by atoms with E-state index in [1.807, 2.05) is 28.9 Å². The van der Waals surface area contributed by atoms with Gasteiger partial charge in [0.25, 0.3) is 0 Å². The first-order valence-corrected chi connectivity index (χ1v) is 9.27. The lowest BCUT2D eigenvalue weighted by Crippen LogP contribution is -2.25. The van der Waals surface area contributed by atoms with Crippen molar-refractivity contribution in [2.45, 2.75) is 12.8 Å². The summed E-state index contributed by atoms with van der Waals surface area (Å²) in [5.41, 5.74) is 2.65. The van der Waals surface area contributed by atoms with Gasteiger partial charge in [-0.25, -0.2) is 9.37 Å². The van der Waals surface area contributed by atoms with E-state index in [0.29, 0.717) is 35.9 Å². The molecule has 4 aromatic rings. The Bertz CT molecular complexity index is 1250. The summed E-state index contributed by atoms with van der Waals surface area (Å²) >= 11 is 6.49. The lowest BCUT2D eigenvalue weighted by molar-refractivity contribution is -0.117. The molecule has 9 heteroatoms. The zero-order valence-corrected chi connectivity index (χ0v) is 15.7. The van der Waals surface area contributed by atoms with Gasteiger partial charge in [-0.3, -0.25) is 9.89 Å². The van der Waals surface area contributed by atoms with E-state index in [9.17, 15) is 4.79 Å². The van der Waals surface area contributed by atoms with Crippen LogP contribution >= 0.6 is 11.6 Å². The zero-order chi connectivity index (χ0) is 19.4. The van der Waals surface area contributed by atoms with Crippen LogP contribution in [-0.4, -0.2) is 39.1 Å². The van der Waals surface area contributed by atoms with Crippen LogP contribution in [0.5, 0.6) is 0 Å². The van der Waals surface area contributed by atoms with Gasteiger partial charge in [0.15, 0.2) is 5.82 Å². The topological polar surface area (TPSA) is 78.3 Å². The van der Waals surface area contributed by atoms with Crippen LogP contribution in [0.4, 0.5) is 15.9 Å². The van der Waals surface area contributed by atoms with Crippen LogP contribution in [0.25, 0.3) is 27.7 Å². The molecule has 0 radical (unpaired) electrons. The minimum absolute atomic E-state index is 0.0306. The number of carbonyl (C=O) groups is 1. The Balaban J connectivity index is 1.76. The van der Waals surface area contributed by atoms with Crippen molar-refractivity contribution < 1.29 is 9.18 Å². The molecule has 4 heterocycles. The van der Waals surface area contributed by atoms with E-state index < -0.39 is 5.82 Å². The second-order valence-electron chi connectivity index (χ2n) is 6.72. The van der Waals surface area contributed by atoms with Crippen LogP contribution < -0.4 is 10.2 Å². The summed E-state index contributed by atoms with van der Waals surface area (Å²) in [7, 11) is 1.79. The molecule has 0 atom stereocenters. The minimum Gasteiger partial charge on any atom is -0.372 e. The number of H-pyrrole nitrogens is 1. The maximum Gasteiger partial charge on any atom is 0.227 e. The number of pyridine rings is 1. The average molecular weight is 399 g/mol. The number of nitrogens with zero attached hydrogens (tertiary/aromatic N) is 4. The number of hydrogen-bond acceptors (Lipinski definition) is 4. The number of halogens is 2. The van der Waals surface area contributed by atoms with E-state index in [1.165, 1.54) is 4.90 Å². The molecule has 5 rings (SSSR count). The van der Waals surface area contributed by atoms with E-state index in [2.05, 4.69) is 20.5 Å². The molecule has 1 fully saturated rings. The number of anilines is 2. The van der Waals surface area contributed by atoms with Crippen molar-refractivity contribution in [3.63, 3.8) is 0 Å². The van der Waals surface area contributed by atoms with Gasteiger partial charge in [-0.15, -0.1) is 0 Å². The molecule has 2 N–H and O–H groups in total. The number of fused-ring (bicyclic) bond motifs is 2. The Morgan fingerprint density at radius 1 is 1.32 bits per heavy atom. The Labute approximate surface area is 164 Å². The predicted octanol–water partition coefficient (Wildman–Crippen LogP) is 3.84. The molecule has 0 bridgehead atoms. The molecule has 7 nitrogen and oxygen atoms in total. The Hall–Kier alpha value is -3.13. The fourth-order valence-corrected chi connectivity index (χ4v) is 4.08. The van der Waals surface area contributed by atoms with Gasteiger partial charge in [-0.1, -0.05) is 11.6 Å². The smallest absolute Gasteiger partial charge is 0.227 e. The highest BCUT2D eigenvalue weighted by Crippen LogP contribution is 2.43. The van der Waals surface area contributed by atoms with Crippen LogP contribution in [0.3, 0.4) is 0 Å². The van der Waals surface area contributed by atoms with Gasteiger partial charge in [0, 0.05) is 42.7 Å². The predicted molar refractivity (Wildman–Crippen MR) is 106 cm³/mol. The monoisotopic (exact) mass is 398 g/mol. The molecular weight excluding hydrogens is 383 g/mol. The molecule has 0 spiro atoms. The molecule has 1 amide bonds. The Morgan fingerprint density at radius 2 is 2.18 bits per heavy atom. The maximum absolute atomic E-state index is 15.4. The summed E-state index contributed by atoms with van der Waals surface area (Å²) in [5, 5.41) is 10.6. The van der Waals surface area contributed by atoms with Crippen LogP contribution in [0, 0.1) is 5.82 Å². The van der Waals surface area contributed by atoms with Gasteiger partial charge < -0.3 is 14.6 Å². The van der Waals surface area contributed by atoms with Crippen molar-refractivity contribution >= 4 is 45.6 Å². The molecule has 1 aliphatic heterocycles. The molecule has 0 aliphatic carbocycles. The number of imidazole rings is 1. The molecule has 1 saturated heterocycles. The van der Waals surface area contributed by atoms with Crippen molar-refractivity contribution in [1.82, 2.24) is 19.6 Å². The summed E-state index contributed by atoms with van der Waals surface area (Å²) in [6.07, 6.45) is 6.39. The Kier molecular flexibility index (Phi) is 3.77. The third kappa shape index (κ3) is 2.37. The van der Waals surface area contributed by atoms with Gasteiger partial charge in [0.1, 0.15) is 17.2 Å². The van der Waals surface area contributed by atoms with Crippen molar-refractivity contribution in [2.75, 3.05) is 23.8 Å². The fraction of sp³-hybridized carbons (Fsp3) is 0.211. The number of benzene rings is 1. The molecular formula is C19H16ClFN6O. The first-order chi connectivity index (χ1) is 13.6. The molecule has 28 heavy (non-hydrogen) atoms. The van der Waals surface area contributed by atoms with Gasteiger partial charge in [0.05, 0.1) is 22.9 Å². The zero-order valence-electron chi connectivity index (χ0n) is 15.0. The van der Waals surface area contributed by atoms with Crippen molar-refractivity contribution in [2.24, 2.45) is 0 Å². The molecule has 142 valence electrons. The average Bonchev–Trinajstić information content (AvgIpc) is 3.42. The SMILES string of the molecule is CNc1cn2cc(-c3c(Cl)c(F)c(N4CCCC4=O)c4[nH]ncc34)ccc2n1. The van der Waals surface area contributed by atoms with E-state index in [4.69, 9.17) is 11.6 Å². The van der Waals surface area contributed by atoms with Gasteiger partial charge in [-0.2, -0.15) is 5.10 Å². The molecule has 0 saturated carbocycles. The summed E-state index contributed by atoms with van der Waals surface area (Å²) in [5.74, 6) is -0.00543. The van der Waals surface area contributed by atoms with E-state index in [-0.39, 0.29) is 16.6 Å². The summed E-state index contributed by atoms with van der Waals surface area (Å²) in [4.78, 5) is 18.1. The largest absolute Gasteiger partial charge is 0.372 e. The highest BCUT2D eigenvalue weighted by atomic mass is 35.5. The third-order valence-corrected chi connectivity index (χ3v) is 5.46. The van der Waals surface area contributed by atoms with Gasteiger partial charge in [-0.05, 0) is 18.6 Å². The van der Waals surface area contributed by atoms with Crippen LogP contribution in [0.2, 0.25) is 5.02 Å². The van der Waals surface area contributed by atoms with Crippen molar-refractivity contribution in [3.05, 3.63) is 41.6 Å². The van der Waals surface area contributed by atoms with E-state index in [1.54, 1.807) is 13.2 Å². The number of amides is 1. The normalized spacial score (nSPS) is 14.5. The molecule has 1 aliphatic rings. The van der Waals surface area contributed by atoms with E-state index >= 15 is 4.39 Å². The molecule has 3 aromatic heterocycles. The first-order valence-electron chi connectivity index (χ1n) is 8.89. The lowest BCUT2D eigenvalue weighted by Gasteiger charge is -2.20. The standard InChI is InChI=1S/C19H16ClFN6O/c1-22-12-9-26-8-10(4-5-13(26)24-12)15-11-7-23-25-18(11)19(17(21)16(15)20)27-6-2-3-14(27)28/h4-5,7-9,22H,2-3,6H2,1H3,(H,23,25). The van der Waals surface area contributed by atoms with Crippen molar-refractivity contribution in [1.29, 1.82) is 0 Å².